The zero-order valence-electron chi connectivity index (χ0n) is 14.5. The van der Waals surface area contributed by atoms with Crippen molar-refractivity contribution < 1.29 is 9.59 Å². The molecule has 2 N–H and O–H groups in total. The van der Waals surface area contributed by atoms with E-state index >= 15 is 0 Å². The van der Waals surface area contributed by atoms with Gasteiger partial charge in [0.15, 0.2) is 0 Å². The van der Waals surface area contributed by atoms with Gasteiger partial charge in [-0.05, 0) is 37.8 Å². The molecule has 5 nitrogen and oxygen atoms in total. The Hall–Kier alpha value is -2.95. The van der Waals surface area contributed by atoms with E-state index in [4.69, 9.17) is 0 Å². The number of hydrogen-bond acceptors (Lipinski definition) is 3. The molecule has 0 saturated carbocycles. The number of rotatable bonds is 6. The lowest BCUT2D eigenvalue weighted by Crippen LogP contribution is -2.39. The maximum atomic E-state index is 11.9. The van der Waals surface area contributed by atoms with Crippen molar-refractivity contribution in [3.05, 3.63) is 71.8 Å². The summed E-state index contributed by atoms with van der Waals surface area (Å²) in [4.78, 5) is 23.8. The predicted octanol–water partition coefficient (Wildman–Crippen LogP) is 2.99. The molecule has 0 saturated heterocycles. The third kappa shape index (κ3) is 6.22. The molecular weight excluding hydrogens is 314 g/mol. The van der Waals surface area contributed by atoms with Gasteiger partial charge in [0.1, 0.15) is 0 Å². The van der Waals surface area contributed by atoms with Crippen molar-refractivity contribution in [3.8, 4) is 0 Å². The van der Waals surface area contributed by atoms with Crippen molar-refractivity contribution in [3.63, 3.8) is 0 Å². The fraction of sp³-hybridized carbons (Fsp3) is 0.250. The molecule has 0 aliphatic heterocycles. The van der Waals surface area contributed by atoms with Crippen molar-refractivity contribution in [1.29, 1.82) is 0 Å². The standard InChI is InChI=1S/C20H23N3O2/c1-15(13-14-17-9-5-3-6-10-17)22-23-20(25)19(24)21-16(2)18-11-7-4-8-12-18/h3-12,16H,13-14H2,1-2H3,(H,21,24)(H,23,25)/b22-15+/t16-/m1/s1. The molecule has 0 fully saturated rings. The molecule has 0 aliphatic carbocycles. The average Bonchev–Trinajstić information content (AvgIpc) is 2.65. The number of aryl methyl sites for hydroxylation is 1. The fourth-order valence-corrected chi connectivity index (χ4v) is 2.31. The first-order chi connectivity index (χ1) is 12.1. The first kappa shape index (κ1) is 18.4. The Morgan fingerprint density at radius 1 is 0.960 bits per heavy atom. The van der Waals surface area contributed by atoms with Crippen molar-refractivity contribution in [2.75, 3.05) is 0 Å². The zero-order valence-corrected chi connectivity index (χ0v) is 14.5. The van der Waals surface area contributed by atoms with E-state index in [9.17, 15) is 9.59 Å². The smallest absolute Gasteiger partial charge is 0.329 e. The number of hydrazone groups is 1. The van der Waals surface area contributed by atoms with Crippen LogP contribution in [0.3, 0.4) is 0 Å². The summed E-state index contributed by atoms with van der Waals surface area (Å²) < 4.78 is 0. The molecule has 5 heteroatoms. The number of carbonyl (C=O) groups is 2. The highest BCUT2D eigenvalue weighted by molar-refractivity contribution is 6.35. The van der Waals surface area contributed by atoms with Gasteiger partial charge in [0, 0.05) is 5.71 Å². The topological polar surface area (TPSA) is 70.6 Å². The van der Waals surface area contributed by atoms with Crippen LogP contribution in [-0.4, -0.2) is 17.5 Å². The summed E-state index contributed by atoms with van der Waals surface area (Å²) in [5.41, 5.74) is 5.22. The SMILES string of the molecule is C/C(CCc1ccccc1)=N\NC(=O)C(=O)N[C@H](C)c1ccccc1. The number of hydrogen-bond donors (Lipinski definition) is 2. The summed E-state index contributed by atoms with van der Waals surface area (Å²) in [7, 11) is 0. The first-order valence-electron chi connectivity index (χ1n) is 8.29. The second-order valence-electron chi connectivity index (χ2n) is 5.88. The maximum absolute atomic E-state index is 11.9. The molecule has 0 aromatic heterocycles. The van der Waals surface area contributed by atoms with E-state index in [1.165, 1.54) is 5.56 Å². The average molecular weight is 337 g/mol. The Balaban J connectivity index is 1.79. The van der Waals surface area contributed by atoms with E-state index < -0.39 is 11.8 Å². The minimum atomic E-state index is -0.762. The van der Waals surface area contributed by atoms with Crippen LogP contribution in [0.1, 0.15) is 37.4 Å². The molecule has 130 valence electrons. The number of benzene rings is 2. The van der Waals surface area contributed by atoms with E-state index in [0.29, 0.717) is 6.42 Å². The molecule has 2 rings (SSSR count). The Labute approximate surface area is 148 Å². The lowest BCUT2D eigenvalue weighted by Gasteiger charge is -2.13. The van der Waals surface area contributed by atoms with Crippen molar-refractivity contribution in [1.82, 2.24) is 10.7 Å². The Morgan fingerprint density at radius 2 is 1.56 bits per heavy atom. The summed E-state index contributed by atoms with van der Waals surface area (Å²) in [5.74, 6) is -1.46. The van der Waals surface area contributed by atoms with Crippen molar-refractivity contribution in [2.45, 2.75) is 32.7 Å². The minimum absolute atomic E-state index is 0.248. The summed E-state index contributed by atoms with van der Waals surface area (Å²) in [6, 6.07) is 19.3. The first-order valence-corrected chi connectivity index (χ1v) is 8.29. The Bertz CT molecular complexity index is 727. The van der Waals surface area contributed by atoms with E-state index in [1.54, 1.807) is 0 Å². The van der Waals surface area contributed by atoms with Crippen LogP contribution in [0, 0.1) is 0 Å². The number of nitrogens with zero attached hydrogens (tertiary/aromatic N) is 1. The van der Waals surface area contributed by atoms with Crippen molar-refractivity contribution in [2.24, 2.45) is 5.10 Å². The van der Waals surface area contributed by atoms with Crippen LogP contribution in [0.15, 0.2) is 65.8 Å². The summed E-state index contributed by atoms with van der Waals surface area (Å²) in [5, 5.41) is 6.65. The number of nitrogens with one attached hydrogen (secondary N) is 2. The van der Waals surface area contributed by atoms with Crippen LogP contribution in [0.2, 0.25) is 0 Å². The molecule has 0 bridgehead atoms. The molecule has 0 radical (unpaired) electrons. The van der Waals surface area contributed by atoms with Crippen LogP contribution >= 0.6 is 0 Å². The lowest BCUT2D eigenvalue weighted by molar-refractivity contribution is -0.139. The molecule has 0 spiro atoms. The molecule has 2 aromatic carbocycles. The molecule has 1 atom stereocenters. The fourth-order valence-electron chi connectivity index (χ4n) is 2.31. The van der Waals surface area contributed by atoms with Gasteiger partial charge in [0.05, 0.1) is 6.04 Å². The second kappa shape index (κ2) is 9.37. The van der Waals surface area contributed by atoms with Crippen molar-refractivity contribution >= 4 is 17.5 Å². The van der Waals surface area contributed by atoms with Gasteiger partial charge in [0.2, 0.25) is 0 Å². The molecule has 0 aliphatic rings. The monoisotopic (exact) mass is 337 g/mol. The highest BCUT2D eigenvalue weighted by atomic mass is 16.2. The van der Waals surface area contributed by atoms with Gasteiger partial charge < -0.3 is 5.32 Å². The van der Waals surface area contributed by atoms with Crippen LogP contribution in [0.25, 0.3) is 0 Å². The summed E-state index contributed by atoms with van der Waals surface area (Å²) in [6.07, 6.45) is 1.55. The minimum Gasteiger partial charge on any atom is -0.341 e. The number of amides is 2. The van der Waals surface area contributed by atoms with E-state index in [0.717, 1.165) is 17.7 Å². The van der Waals surface area contributed by atoms with Crippen LogP contribution in [0.4, 0.5) is 0 Å². The predicted molar refractivity (Wildman–Crippen MR) is 99.0 cm³/mol. The maximum Gasteiger partial charge on any atom is 0.329 e. The van der Waals surface area contributed by atoms with E-state index in [2.05, 4.69) is 15.8 Å². The molecule has 2 aromatic rings. The normalized spacial score (nSPS) is 12.3. The third-order valence-electron chi connectivity index (χ3n) is 3.82. The van der Waals surface area contributed by atoms with E-state index in [-0.39, 0.29) is 6.04 Å². The van der Waals surface area contributed by atoms with Crippen LogP contribution in [0.5, 0.6) is 0 Å². The zero-order chi connectivity index (χ0) is 18.1. The van der Waals surface area contributed by atoms with Gasteiger partial charge in [-0.3, -0.25) is 9.59 Å². The van der Waals surface area contributed by atoms with Gasteiger partial charge in [-0.25, -0.2) is 5.43 Å². The van der Waals surface area contributed by atoms with Gasteiger partial charge in [-0.1, -0.05) is 60.7 Å². The highest BCUT2D eigenvalue weighted by Gasteiger charge is 2.16. The second-order valence-corrected chi connectivity index (χ2v) is 5.88. The molecular formula is C20H23N3O2. The van der Waals surface area contributed by atoms with Gasteiger partial charge >= 0.3 is 11.8 Å². The number of carbonyl (C=O) groups excluding carboxylic acids is 2. The highest BCUT2D eigenvalue weighted by Crippen LogP contribution is 2.10. The molecule has 25 heavy (non-hydrogen) atoms. The molecule has 0 unspecified atom stereocenters. The molecule has 2 amide bonds. The molecule has 0 heterocycles. The largest absolute Gasteiger partial charge is 0.341 e. The van der Waals surface area contributed by atoms with Crippen LogP contribution < -0.4 is 10.7 Å². The van der Waals surface area contributed by atoms with Gasteiger partial charge in [-0.2, -0.15) is 5.10 Å². The Morgan fingerprint density at radius 3 is 2.20 bits per heavy atom. The van der Waals surface area contributed by atoms with E-state index in [1.807, 2.05) is 74.5 Å². The quantitative estimate of drug-likeness (QED) is 0.483. The summed E-state index contributed by atoms with van der Waals surface area (Å²) in [6.45, 7) is 3.66. The third-order valence-corrected chi connectivity index (χ3v) is 3.82. The lowest BCUT2D eigenvalue weighted by atomic mass is 10.1. The van der Waals surface area contributed by atoms with Gasteiger partial charge in [0.25, 0.3) is 0 Å². The Kier molecular flexibility index (Phi) is 6.89. The van der Waals surface area contributed by atoms with Crippen LogP contribution in [-0.2, 0) is 16.0 Å². The van der Waals surface area contributed by atoms with Gasteiger partial charge in [-0.15, -0.1) is 0 Å². The summed E-state index contributed by atoms with van der Waals surface area (Å²) >= 11 is 0.